The van der Waals surface area contributed by atoms with Crippen molar-refractivity contribution in [2.24, 2.45) is 52.3 Å². The van der Waals surface area contributed by atoms with E-state index < -0.39 is 7.32 Å². The van der Waals surface area contributed by atoms with Crippen LogP contribution in [0.1, 0.15) is 132 Å². The summed E-state index contributed by atoms with van der Waals surface area (Å²) in [5.74, 6) is 6.43. The molecule has 5 aliphatic rings. The third kappa shape index (κ3) is 5.23. The zero-order valence-electron chi connectivity index (χ0n) is 24.8. The normalized spacial score (nSPS) is 47.8. The van der Waals surface area contributed by atoms with Gasteiger partial charge in [0.25, 0.3) is 0 Å². The molecule has 0 radical (unpaired) electrons. The fourth-order valence-electron chi connectivity index (χ4n) is 10.6. The minimum atomic E-state index is -0.456. The van der Waals surface area contributed by atoms with Crippen molar-refractivity contribution >= 4 is 7.32 Å². The van der Waals surface area contributed by atoms with Crippen LogP contribution >= 0.6 is 0 Å². The second-order valence-corrected chi connectivity index (χ2v) is 15.1. The van der Waals surface area contributed by atoms with Crippen LogP contribution in [0.5, 0.6) is 0 Å². The first kappa shape index (κ1) is 27.5. The summed E-state index contributed by atoms with van der Waals surface area (Å²) in [5, 5.41) is 0. The van der Waals surface area contributed by atoms with Gasteiger partial charge in [-0.05, 0) is 130 Å². The van der Waals surface area contributed by atoms with Gasteiger partial charge in [-0.1, -0.05) is 53.9 Å². The van der Waals surface area contributed by atoms with Crippen LogP contribution in [0, 0.1) is 52.3 Å². The predicted octanol–water partition coefficient (Wildman–Crippen LogP) is 8.69. The average molecular weight is 501 g/mol. The molecule has 0 aromatic carbocycles. The van der Waals surface area contributed by atoms with Crippen molar-refractivity contribution in [3.63, 3.8) is 0 Å². The quantitative estimate of drug-likeness (QED) is 0.327. The Morgan fingerprint density at radius 3 is 2.22 bits per heavy atom. The molecular weight excluding hydrogens is 443 g/mol. The van der Waals surface area contributed by atoms with Crippen LogP contribution < -0.4 is 0 Å². The van der Waals surface area contributed by atoms with E-state index in [4.69, 9.17) is 14.0 Å². The monoisotopic (exact) mass is 500 g/mol. The van der Waals surface area contributed by atoms with Crippen LogP contribution in [0.15, 0.2) is 0 Å². The lowest BCUT2D eigenvalue weighted by atomic mass is 9.44. The Kier molecular flexibility index (Phi) is 8.28. The van der Waals surface area contributed by atoms with E-state index in [0.29, 0.717) is 16.9 Å². The molecule has 0 aromatic rings. The van der Waals surface area contributed by atoms with E-state index in [9.17, 15) is 0 Å². The van der Waals surface area contributed by atoms with Gasteiger partial charge in [-0.25, -0.2) is 0 Å². The molecule has 5 rings (SSSR count). The minimum absolute atomic E-state index is 0.229. The molecule has 0 amide bonds. The van der Waals surface area contributed by atoms with Crippen molar-refractivity contribution in [2.75, 3.05) is 0 Å². The maximum Gasteiger partial charge on any atom is 0.640 e. The molecule has 36 heavy (non-hydrogen) atoms. The molecule has 1 aliphatic heterocycles. The number of hydrogen-bond donors (Lipinski definition) is 0. The van der Waals surface area contributed by atoms with E-state index in [-0.39, 0.29) is 12.2 Å². The zero-order valence-corrected chi connectivity index (χ0v) is 24.8. The van der Waals surface area contributed by atoms with E-state index >= 15 is 0 Å². The number of hydrogen-bond acceptors (Lipinski definition) is 3. The molecule has 3 unspecified atom stereocenters. The van der Waals surface area contributed by atoms with Crippen LogP contribution in [-0.4, -0.2) is 25.6 Å². The topological polar surface area (TPSA) is 27.7 Å². The molecule has 0 bridgehead atoms. The number of fused-ring (bicyclic) bond motifs is 5. The van der Waals surface area contributed by atoms with Gasteiger partial charge in [0, 0.05) is 18.3 Å². The second-order valence-electron chi connectivity index (χ2n) is 15.1. The van der Waals surface area contributed by atoms with Gasteiger partial charge < -0.3 is 14.0 Å². The van der Waals surface area contributed by atoms with E-state index in [1.807, 2.05) is 0 Å². The molecular formula is C32H57BO3. The highest BCUT2D eigenvalue weighted by Crippen LogP contribution is 2.68. The molecule has 4 heteroatoms. The molecule has 1 saturated heterocycles. The van der Waals surface area contributed by atoms with Crippen molar-refractivity contribution in [2.45, 2.75) is 150 Å². The van der Waals surface area contributed by atoms with Gasteiger partial charge in [0.1, 0.15) is 0 Å². The standard InChI is InChI=1S/C32H57BO3/c1-21(2)9-8-10-22(3)28-13-14-29-27-12-11-25-20-26(36-33-34-23(4)19-24(5)35-33)15-17-31(25,6)30(27)16-18-32(28,29)7/h21-30H,8-20H2,1-7H3/t22-,23?,24?,25+,26?,27+,28-,29+,30+,31+,32-/m1/s1. The van der Waals surface area contributed by atoms with Crippen LogP contribution in [0.25, 0.3) is 0 Å². The van der Waals surface area contributed by atoms with Crippen molar-refractivity contribution in [1.82, 2.24) is 0 Å². The average Bonchev–Trinajstić information content (AvgIpc) is 3.15. The van der Waals surface area contributed by atoms with Gasteiger partial charge >= 0.3 is 7.32 Å². The summed E-state index contributed by atoms with van der Waals surface area (Å²) in [5.41, 5.74) is 1.12. The van der Waals surface area contributed by atoms with E-state index in [1.54, 1.807) is 0 Å². The van der Waals surface area contributed by atoms with Crippen LogP contribution in [0.2, 0.25) is 0 Å². The summed E-state index contributed by atoms with van der Waals surface area (Å²) in [7, 11) is -0.456. The molecule has 5 fully saturated rings. The lowest BCUT2D eigenvalue weighted by Crippen LogP contribution is -2.55. The van der Waals surface area contributed by atoms with Gasteiger partial charge in [-0.15, -0.1) is 0 Å². The Morgan fingerprint density at radius 2 is 1.50 bits per heavy atom. The third-order valence-corrected chi connectivity index (χ3v) is 12.5. The molecule has 1 heterocycles. The Bertz CT molecular complexity index is 733. The summed E-state index contributed by atoms with van der Waals surface area (Å²) in [6, 6.07) is 0. The summed E-state index contributed by atoms with van der Waals surface area (Å²) in [4.78, 5) is 0. The highest BCUT2D eigenvalue weighted by Gasteiger charge is 2.60. The van der Waals surface area contributed by atoms with Crippen LogP contribution in [0.4, 0.5) is 0 Å². The Balaban J connectivity index is 1.20. The van der Waals surface area contributed by atoms with Crippen LogP contribution in [0.3, 0.4) is 0 Å². The first-order valence-corrected chi connectivity index (χ1v) is 16.1. The molecule has 0 spiro atoms. The molecule has 206 valence electrons. The summed E-state index contributed by atoms with van der Waals surface area (Å²) in [6.07, 6.45) is 18.6. The largest absolute Gasteiger partial charge is 0.640 e. The van der Waals surface area contributed by atoms with Crippen molar-refractivity contribution in [1.29, 1.82) is 0 Å². The lowest BCUT2D eigenvalue weighted by Gasteiger charge is -2.61. The minimum Gasteiger partial charge on any atom is -0.383 e. The zero-order chi connectivity index (χ0) is 25.7. The highest BCUT2D eigenvalue weighted by atomic mass is 16.7. The lowest BCUT2D eigenvalue weighted by molar-refractivity contribution is -0.133. The van der Waals surface area contributed by atoms with E-state index in [2.05, 4.69) is 48.5 Å². The van der Waals surface area contributed by atoms with E-state index in [1.165, 1.54) is 77.0 Å². The molecule has 0 aromatic heterocycles. The first-order chi connectivity index (χ1) is 17.1. The Hall–Kier alpha value is -0.0551. The fraction of sp³-hybridized carbons (Fsp3) is 1.00. The molecule has 0 N–H and O–H groups in total. The predicted molar refractivity (Wildman–Crippen MR) is 149 cm³/mol. The molecule has 11 atom stereocenters. The SMILES string of the molecule is CC(C)CCC[C@@H](C)[C@H]1CC[C@H]2[C@@H]3CC[C@H]4CC(OB5OC(C)CC(C)O5)CC[C@]4(C)[C@H]3CC[C@]12C. The maximum atomic E-state index is 6.43. The summed E-state index contributed by atoms with van der Waals surface area (Å²) in [6.45, 7) is 17.1. The number of rotatable bonds is 7. The van der Waals surface area contributed by atoms with Gasteiger partial charge in [-0.3, -0.25) is 0 Å². The Morgan fingerprint density at radius 1 is 0.806 bits per heavy atom. The molecule has 3 nitrogen and oxygen atoms in total. The van der Waals surface area contributed by atoms with Crippen molar-refractivity contribution < 1.29 is 14.0 Å². The smallest absolute Gasteiger partial charge is 0.383 e. The summed E-state index contributed by atoms with van der Waals surface area (Å²) >= 11 is 0. The second kappa shape index (κ2) is 10.8. The summed E-state index contributed by atoms with van der Waals surface area (Å²) < 4.78 is 18.4. The highest BCUT2D eigenvalue weighted by molar-refractivity contribution is 6.36. The van der Waals surface area contributed by atoms with Gasteiger partial charge in [0.05, 0.1) is 0 Å². The molecule has 4 aliphatic carbocycles. The van der Waals surface area contributed by atoms with Gasteiger partial charge in [-0.2, -0.15) is 0 Å². The van der Waals surface area contributed by atoms with Crippen molar-refractivity contribution in [3.05, 3.63) is 0 Å². The fourth-order valence-corrected chi connectivity index (χ4v) is 10.6. The maximum absolute atomic E-state index is 6.43. The Labute approximate surface area is 223 Å². The van der Waals surface area contributed by atoms with Crippen LogP contribution in [-0.2, 0) is 14.0 Å². The molecule has 4 saturated carbocycles. The van der Waals surface area contributed by atoms with E-state index in [0.717, 1.165) is 47.8 Å². The van der Waals surface area contributed by atoms with Crippen molar-refractivity contribution in [3.8, 4) is 0 Å². The first-order valence-electron chi connectivity index (χ1n) is 16.1. The van der Waals surface area contributed by atoms with Gasteiger partial charge in [0.15, 0.2) is 0 Å². The van der Waals surface area contributed by atoms with Gasteiger partial charge in [0.2, 0.25) is 0 Å². The third-order valence-electron chi connectivity index (χ3n) is 12.5.